The Bertz CT molecular complexity index is 813. The van der Waals surface area contributed by atoms with Gasteiger partial charge in [0, 0.05) is 32.2 Å². The van der Waals surface area contributed by atoms with Crippen molar-refractivity contribution in [2.45, 2.75) is 83.2 Å². The van der Waals surface area contributed by atoms with Crippen molar-refractivity contribution in [2.75, 3.05) is 13.1 Å². The van der Waals surface area contributed by atoms with Crippen molar-refractivity contribution in [3.63, 3.8) is 0 Å². The van der Waals surface area contributed by atoms with Crippen LogP contribution in [0.15, 0.2) is 4.99 Å². The number of guanidine groups is 1. The Morgan fingerprint density at radius 1 is 1.21 bits per heavy atom. The first-order chi connectivity index (χ1) is 13.8. The van der Waals surface area contributed by atoms with Gasteiger partial charge >= 0.3 is 0 Å². The average molecular weight is 426 g/mol. The second-order valence-electron chi connectivity index (χ2n) is 8.52. The van der Waals surface area contributed by atoms with Crippen molar-refractivity contribution in [1.29, 1.82) is 0 Å². The number of sulfonamides is 1. The summed E-state index contributed by atoms with van der Waals surface area (Å²) in [6.07, 6.45) is 6.61. The summed E-state index contributed by atoms with van der Waals surface area (Å²) in [4.78, 5) is 6.90. The van der Waals surface area contributed by atoms with Crippen LogP contribution in [0.4, 0.5) is 0 Å². The van der Waals surface area contributed by atoms with Gasteiger partial charge in [0.05, 0.1) is 5.25 Å². The molecule has 1 unspecified atom stereocenters. The quantitative estimate of drug-likeness (QED) is 0.526. The van der Waals surface area contributed by atoms with Gasteiger partial charge in [0.2, 0.25) is 10.0 Å². The van der Waals surface area contributed by atoms with Gasteiger partial charge in [-0.1, -0.05) is 19.3 Å². The Labute approximate surface area is 174 Å². The van der Waals surface area contributed by atoms with E-state index in [4.69, 9.17) is 4.99 Å². The maximum Gasteiger partial charge on any atom is 0.216 e. The van der Waals surface area contributed by atoms with Gasteiger partial charge in [-0.15, -0.1) is 10.2 Å². The number of hydrogen-bond donors (Lipinski definition) is 2. The lowest BCUT2D eigenvalue weighted by atomic mass is 9.96. The van der Waals surface area contributed by atoms with Crippen LogP contribution in [0.2, 0.25) is 0 Å². The number of nitrogens with zero attached hydrogens (tertiary/aromatic N) is 5. The third kappa shape index (κ3) is 5.69. The van der Waals surface area contributed by atoms with Crippen molar-refractivity contribution in [3.8, 4) is 0 Å². The summed E-state index contributed by atoms with van der Waals surface area (Å²) in [5, 5.41) is 11.5. The Morgan fingerprint density at radius 3 is 2.55 bits per heavy atom. The number of rotatable bonds is 6. The zero-order valence-electron chi connectivity index (χ0n) is 18.1. The third-order valence-corrected chi connectivity index (χ3v) is 7.84. The maximum atomic E-state index is 12.6. The number of aryl methyl sites for hydroxylation is 1. The molecule has 1 aromatic rings. The highest BCUT2D eigenvalue weighted by Gasteiger charge is 2.35. The smallest absolute Gasteiger partial charge is 0.216 e. The lowest BCUT2D eigenvalue weighted by molar-refractivity contribution is 0.389. The van der Waals surface area contributed by atoms with E-state index in [1.807, 2.05) is 32.4 Å². The molecule has 2 fully saturated rings. The minimum Gasteiger partial charge on any atom is -0.353 e. The number of aliphatic imine (C=N–C) groups is 1. The Balaban J connectivity index is 1.74. The molecule has 1 saturated carbocycles. The molecule has 2 N–H and O–H groups in total. The molecule has 10 heteroatoms. The van der Waals surface area contributed by atoms with Gasteiger partial charge in [-0.05, 0) is 40.0 Å². The van der Waals surface area contributed by atoms with Crippen molar-refractivity contribution in [3.05, 3.63) is 11.6 Å². The molecule has 1 aliphatic carbocycles. The predicted molar refractivity (Wildman–Crippen MR) is 114 cm³/mol. The van der Waals surface area contributed by atoms with Crippen LogP contribution in [-0.2, 0) is 23.6 Å². The molecular weight excluding hydrogens is 390 g/mol. The highest BCUT2D eigenvalue weighted by molar-refractivity contribution is 7.90. The number of nitrogens with one attached hydrogen (secondary N) is 2. The molecule has 0 spiro atoms. The van der Waals surface area contributed by atoms with E-state index in [2.05, 4.69) is 25.1 Å². The topological polar surface area (TPSA) is 105 Å². The van der Waals surface area contributed by atoms with Gasteiger partial charge in [-0.25, -0.2) is 18.1 Å². The maximum absolute atomic E-state index is 12.6. The predicted octanol–water partition coefficient (Wildman–Crippen LogP) is 1.30. The Hall–Kier alpha value is -1.68. The van der Waals surface area contributed by atoms with E-state index < -0.39 is 15.3 Å². The second kappa shape index (κ2) is 9.42. The molecule has 1 aromatic heterocycles. The molecule has 0 bridgehead atoms. The highest BCUT2D eigenvalue weighted by Crippen LogP contribution is 2.20. The first kappa shape index (κ1) is 22.0. The monoisotopic (exact) mass is 425 g/mol. The molecule has 9 nitrogen and oxygen atoms in total. The summed E-state index contributed by atoms with van der Waals surface area (Å²) in [7, 11) is -1.40. The second-order valence-corrected chi connectivity index (χ2v) is 10.5. The summed E-state index contributed by atoms with van der Waals surface area (Å²) in [6, 6.07) is 0.301. The Morgan fingerprint density at radius 2 is 1.93 bits per heavy atom. The van der Waals surface area contributed by atoms with Crippen molar-refractivity contribution < 1.29 is 8.42 Å². The lowest BCUT2D eigenvalue weighted by Crippen LogP contribution is -2.47. The molecule has 1 aliphatic heterocycles. The number of hydrogen-bond acceptors (Lipinski definition) is 5. The molecular formula is C19H35N7O2S. The van der Waals surface area contributed by atoms with Gasteiger partial charge in [0.25, 0.3) is 0 Å². The SMILES string of the molecule is Cc1nnc(CN=C(NC2CCCCC2)N2CCC(S(=O)(=O)NC(C)C)C2)n1C. The van der Waals surface area contributed by atoms with Crippen molar-refractivity contribution in [1.82, 2.24) is 29.7 Å². The van der Waals surface area contributed by atoms with Crippen LogP contribution < -0.4 is 10.0 Å². The van der Waals surface area contributed by atoms with E-state index in [1.165, 1.54) is 19.3 Å². The minimum absolute atomic E-state index is 0.0956. The fourth-order valence-corrected chi connectivity index (χ4v) is 5.64. The molecule has 164 valence electrons. The van der Waals surface area contributed by atoms with Crippen LogP contribution in [0.5, 0.6) is 0 Å². The van der Waals surface area contributed by atoms with Crippen LogP contribution >= 0.6 is 0 Å². The molecule has 2 aliphatic rings. The highest BCUT2D eigenvalue weighted by atomic mass is 32.2. The molecule has 2 heterocycles. The molecule has 3 rings (SSSR count). The van der Waals surface area contributed by atoms with E-state index in [0.717, 1.165) is 30.5 Å². The first-order valence-corrected chi connectivity index (χ1v) is 12.2. The third-order valence-electron chi connectivity index (χ3n) is 5.77. The minimum atomic E-state index is -3.33. The van der Waals surface area contributed by atoms with Crippen LogP contribution in [0.1, 0.15) is 64.0 Å². The van der Waals surface area contributed by atoms with Crippen LogP contribution in [0.25, 0.3) is 0 Å². The fourth-order valence-electron chi connectivity index (χ4n) is 4.00. The molecule has 1 saturated heterocycles. The summed E-state index contributed by atoms with van der Waals surface area (Å²) in [5.74, 6) is 2.44. The normalized spacial score (nSPS) is 21.9. The summed E-state index contributed by atoms with van der Waals surface area (Å²) in [5.41, 5.74) is 0. The first-order valence-electron chi connectivity index (χ1n) is 10.7. The number of aromatic nitrogens is 3. The zero-order chi connectivity index (χ0) is 21.0. The van der Waals surface area contributed by atoms with Crippen molar-refractivity contribution in [2.24, 2.45) is 12.0 Å². The molecule has 29 heavy (non-hydrogen) atoms. The van der Waals surface area contributed by atoms with Crippen LogP contribution in [0, 0.1) is 6.92 Å². The van der Waals surface area contributed by atoms with Gasteiger partial charge in [-0.2, -0.15) is 0 Å². The van der Waals surface area contributed by atoms with E-state index in [0.29, 0.717) is 32.1 Å². The van der Waals surface area contributed by atoms with Crippen LogP contribution in [0.3, 0.4) is 0 Å². The van der Waals surface area contributed by atoms with E-state index in [1.54, 1.807) is 0 Å². The molecule has 0 amide bonds. The molecule has 0 aromatic carbocycles. The van der Waals surface area contributed by atoms with Gasteiger partial charge in [0.15, 0.2) is 11.8 Å². The number of likely N-dealkylation sites (tertiary alicyclic amines) is 1. The average Bonchev–Trinajstić information content (AvgIpc) is 3.28. The van der Waals surface area contributed by atoms with Crippen LogP contribution in [-0.4, -0.2) is 64.5 Å². The van der Waals surface area contributed by atoms with Gasteiger partial charge < -0.3 is 14.8 Å². The summed E-state index contributed by atoms with van der Waals surface area (Å²) < 4.78 is 29.9. The zero-order valence-corrected chi connectivity index (χ0v) is 18.9. The van der Waals surface area contributed by atoms with E-state index >= 15 is 0 Å². The largest absolute Gasteiger partial charge is 0.353 e. The van der Waals surface area contributed by atoms with E-state index in [9.17, 15) is 8.42 Å². The van der Waals surface area contributed by atoms with Gasteiger partial charge in [-0.3, -0.25) is 0 Å². The summed E-state index contributed by atoms with van der Waals surface area (Å²) >= 11 is 0. The van der Waals surface area contributed by atoms with Crippen molar-refractivity contribution >= 4 is 16.0 Å². The fraction of sp³-hybridized carbons (Fsp3) is 0.842. The van der Waals surface area contributed by atoms with Gasteiger partial charge in [0.1, 0.15) is 12.4 Å². The Kier molecular flexibility index (Phi) is 7.15. The lowest BCUT2D eigenvalue weighted by Gasteiger charge is -2.29. The molecule has 0 radical (unpaired) electrons. The molecule has 1 atom stereocenters. The standard InChI is InChI=1S/C19H35N7O2S/c1-14(2)24-29(27,28)17-10-11-26(13-17)19(21-16-8-6-5-7-9-16)20-12-18-23-22-15(3)25(18)4/h14,16-17,24H,5-13H2,1-4H3,(H,20,21). The van der Waals surface area contributed by atoms with E-state index in [-0.39, 0.29) is 6.04 Å². The summed E-state index contributed by atoms with van der Waals surface area (Å²) in [6.45, 7) is 7.18.